The lowest BCUT2D eigenvalue weighted by Gasteiger charge is -2.47. The molecule has 5 heteroatoms. The van der Waals surface area contributed by atoms with Gasteiger partial charge in [0, 0.05) is 19.4 Å². The van der Waals surface area contributed by atoms with Crippen molar-refractivity contribution in [3.8, 4) is 11.5 Å². The van der Waals surface area contributed by atoms with Crippen molar-refractivity contribution in [1.29, 1.82) is 0 Å². The molecule has 0 bridgehead atoms. The molecule has 1 saturated carbocycles. The largest absolute Gasteiger partial charge is 0.493 e. The highest BCUT2D eigenvalue weighted by Crippen LogP contribution is 2.45. The number of rotatable bonds is 4. The minimum absolute atomic E-state index is 0.0832. The Hall–Kier alpha value is -0.780. The van der Waals surface area contributed by atoms with Gasteiger partial charge in [0.2, 0.25) is 0 Å². The van der Waals surface area contributed by atoms with Crippen LogP contribution in [-0.4, -0.2) is 25.4 Å². The van der Waals surface area contributed by atoms with Crippen LogP contribution in [-0.2, 0) is 11.3 Å². The SMILES string of the molecule is COc1cc(CN)cc(Br)c1OC1CCOC2(CCC2)C1. The predicted octanol–water partition coefficient (Wildman–Crippen LogP) is 3.40. The van der Waals surface area contributed by atoms with Gasteiger partial charge in [-0.15, -0.1) is 0 Å². The average Bonchev–Trinajstić information content (AvgIpc) is 2.47. The van der Waals surface area contributed by atoms with Crippen LogP contribution in [0.15, 0.2) is 16.6 Å². The molecule has 3 rings (SSSR count). The summed E-state index contributed by atoms with van der Waals surface area (Å²) < 4.78 is 18.6. The number of benzene rings is 1. The zero-order chi connectivity index (χ0) is 14.9. The summed E-state index contributed by atoms with van der Waals surface area (Å²) >= 11 is 3.57. The first kappa shape index (κ1) is 15.1. The number of halogens is 1. The number of methoxy groups -OCH3 is 1. The molecule has 1 unspecified atom stereocenters. The van der Waals surface area contributed by atoms with E-state index in [1.807, 2.05) is 12.1 Å². The summed E-state index contributed by atoms with van der Waals surface area (Å²) in [6.07, 6.45) is 5.68. The molecule has 116 valence electrons. The Bertz CT molecular complexity index is 516. The molecule has 1 atom stereocenters. The maximum atomic E-state index is 6.25. The Balaban J connectivity index is 1.77. The van der Waals surface area contributed by atoms with Gasteiger partial charge in [0.25, 0.3) is 0 Å². The van der Waals surface area contributed by atoms with Crippen LogP contribution in [0.5, 0.6) is 11.5 Å². The quantitative estimate of drug-likeness (QED) is 0.899. The van der Waals surface area contributed by atoms with E-state index in [4.69, 9.17) is 19.9 Å². The van der Waals surface area contributed by atoms with Gasteiger partial charge in [0.15, 0.2) is 11.5 Å². The van der Waals surface area contributed by atoms with Gasteiger partial charge >= 0.3 is 0 Å². The van der Waals surface area contributed by atoms with E-state index in [0.29, 0.717) is 6.54 Å². The zero-order valence-electron chi connectivity index (χ0n) is 12.4. The average molecular weight is 356 g/mol. The van der Waals surface area contributed by atoms with Gasteiger partial charge in [0.1, 0.15) is 6.10 Å². The Morgan fingerprint density at radius 1 is 1.43 bits per heavy atom. The van der Waals surface area contributed by atoms with Crippen LogP contribution in [0.2, 0.25) is 0 Å². The van der Waals surface area contributed by atoms with Crippen molar-refractivity contribution in [2.45, 2.75) is 50.4 Å². The predicted molar refractivity (Wildman–Crippen MR) is 84.8 cm³/mol. The lowest BCUT2D eigenvalue weighted by Crippen LogP contribution is -2.48. The van der Waals surface area contributed by atoms with Crippen LogP contribution < -0.4 is 15.2 Å². The lowest BCUT2D eigenvalue weighted by atomic mass is 9.74. The first-order chi connectivity index (χ1) is 10.2. The van der Waals surface area contributed by atoms with Crippen LogP contribution in [0.25, 0.3) is 0 Å². The van der Waals surface area contributed by atoms with Crippen molar-refractivity contribution >= 4 is 15.9 Å². The molecule has 2 N–H and O–H groups in total. The normalized spacial score (nSPS) is 23.7. The molecule has 1 saturated heterocycles. The fraction of sp³-hybridized carbons (Fsp3) is 0.625. The first-order valence-electron chi connectivity index (χ1n) is 7.53. The van der Waals surface area contributed by atoms with E-state index in [1.165, 1.54) is 6.42 Å². The van der Waals surface area contributed by atoms with Gasteiger partial charge < -0.3 is 19.9 Å². The van der Waals surface area contributed by atoms with Gasteiger partial charge in [-0.2, -0.15) is 0 Å². The van der Waals surface area contributed by atoms with Crippen LogP contribution in [0.3, 0.4) is 0 Å². The third-order valence-corrected chi connectivity index (χ3v) is 5.11. The lowest BCUT2D eigenvalue weighted by molar-refractivity contribution is -0.153. The standard InChI is InChI=1S/C16H22BrNO3/c1-19-14-8-11(10-18)7-13(17)15(14)21-12-3-6-20-16(9-12)4-2-5-16/h7-8,12H,2-6,9-10,18H2,1H3. The van der Waals surface area contributed by atoms with Gasteiger partial charge in [-0.1, -0.05) is 0 Å². The van der Waals surface area contributed by atoms with Crippen molar-refractivity contribution in [1.82, 2.24) is 0 Å². The van der Waals surface area contributed by atoms with Crippen molar-refractivity contribution in [2.24, 2.45) is 5.73 Å². The Morgan fingerprint density at radius 2 is 2.24 bits per heavy atom. The molecular formula is C16H22BrNO3. The van der Waals surface area contributed by atoms with Crippen molar-refractivity contribution < 1.29 is 14.2 Å². The van der Waals surface area contributed by atoms with Crippen molar-refractivity contribution in [2.75, 3.05) is 13.7 Å². The summed E-state index contributed by atoms with van der Waals surface area (Å²) in [6.45, 7) is 1.26. The Kier molecular flexibility index (Phi) is 4.43. The summed E-state index contributed by atoms with van der Waals surface area (Å²) in [7, 11) is 1.66. The molecule has 2 aliphatic rings. The molecule has 1 aromatic rings. The highest BCUT2D eigenvalue weighted by atomic mass is 79.9. The third kappa shape index (κ3) is 3.05. The molecule has 0 radical (unpaired) electrons. The van der Waals surface area contributed by atoms with Gasteiger partial charge in [-0.25, -0.2) is 0 Å². The highest BCUT2D eigenvalue weighted by Gasteiger charge is 2.43. The molecule has 1 spiro atoms. The highest BCUT2D eigenvalue weighted by molar-refractivity contribution is 9.10. The second kappa shape index (κ2) is 6.15. The summed E-state index contributed by atoms with van der Waals surface area (Å²) in [5, 5.41) is 0. The minimum Gasteiger partial charge on any atom is -0.493 e. The molecule has 21 heavy (non-hydrogen) atoms. The van der Waals surface area contributed by atoms with Crippen LogP contribution in [0, 0.1) is 0 Å². The van der Waals surface area contributed by atoms with Crippen LogP contribution in [0.4, 0.5) is 0 Å². The van der Waals surface area contributed by atoms with Crippen LogP contribution >= 0.6 is 15.9 Å². The second-order valence-corrected chi connectivity index (χ2v) is 6.79. The van der Waals surface area contributed by atoms with E-state index in [1.54, 1.807) is 7.11 Å². The Morgan fingerprint density at radius 3 is 2.86 bits per heavy atom. The van der Waals surface area contributed by atoms with E-state index >= 15 is 0 Å². The van der Waals surface area contributed by atoms with Gasteiger partial charge in [-0.3, -0.25) is 0 Å². The summed E-state index contributed by atoms with van der Waals surface area (Å²) in [5.41, 5.74) is 6.81. The fourth-order valence-electron chi connectivity index (χ4n) is 3.18. The Labute approximate surface area is 134 Å². The molecule has 2 fully saturated rings. The summed E-state index contributed by atoms with van der Waals surface area (Å²) in [5.74, 6) is 1.51. The van der Waals surface area contributed by atoms with Crippen molar-refractivity contribution in [3.05, 3.63) is 22.2 Å². The molecule has 1 aliphatic heterocycles. The topological polar surface area (TPSA) is 53.7 Å². The molecule has 1 heterocycles. The third-order valence-electron chi connectivity index (χ3n) is 4.52. The number of nitrogens with two attached hydrogens (primary N) is 1. The molecule has 4 nitrogen and oxygen atoms in total. The number of ether oxygens (including phenoxy) is 3. The molecular weight excluding hydrogens is 334 g/mol. The molecule has 1 aromatic carbocycles. The van der Waals surface area contributed by atoms with E-state index in [9.17, 15) is 0 Å². The number of hydrogen-bond acceptors (Lipinski definition) is 4. The smallest absolute Gasteiger partial charge is 0.175 e. The number of hydrogen-bond donors (Lipinski definition) is 1. The molecule has 0 amide bonds. The van der Waals surface area contributed by atoms with Gasteiger partial charge in [-0.05, 0) is 52.9 Å². The second-order valence-electron chi connectivity index (χ2n) is 5.93. The maximum absolute atomic E-state index is 6.25. The summed E-state index contributed by atoms with van der Waals surface area (Å²) in [6, 6.07) is 3.94. The van der Waals surface area contributed by atoms with E-state index in [2.05, 4.69) is 15.9 Å². The monoisotopic (exact) mass is 355 g/mol. The molecule has 0 aromatic heterocycles. The van der Waals surface area contributed by atoms with E-state index < -0.39 is 0 Å². The summed E-state index contributed by atoms with van der Waals surface area (Å²) in [4.78, 5) is 0. The van der Waals surface area contributed by atoms with Crippen molar-refractivity contribution in [3.63, 3.8) is 0 Å². The van der Waals surface area contributed by atoms with Crippen LogP contribution in [0.1, 0.15) is 37.7 Å². The first-order valence-corrected chi connectivity index (χ1v) is 8.32. The van der Waals surface area contributed by atoms with Gasteiger partial charge in [0.05, 0.1) is 23.8 Å². The minimum atomic E-state index is 0.0832. The zero-order valence-corrected chi connectivity index (χ0v) is 13.9. The maximum Gasteiger partial charge on any atom is 0.175 e. The molecule has 1 aliphatic carbocycles. The fourth-order valence-corrected chi connectivity index (χ4v) is 3.76. The van der Waals surface area contributed by atoms with E-state index in [0.717, 1.165) is 53.8 Å². The van der Waals surface area contributed by atoms with E-state index in [-0.39, 0.29) is 11.7 Å².